The molecule has 0 fully saturated rings. The summed E-state index contributed by atoms with van der Waals surface area (Å²) in [4.78, 5) is 0. The van der Waals surface area contributed by atoms with E-state index in [1.165, 1.54) is 5.69 Å². The predicted octanol–water partition coefficient (Wildman–Crippen LogP) is 2.56. The predicted molar refractivity (Wildman–Crippen MR) is 72.5 cm³/mol. The Balaban J connectivity index is 2.23. The van der Waals surface area contributed by atoms with E-state index in [0.29, 0.717) is 23.7 Å². The largest absolute Gasteiger partial charge is 0.347 e. The van der Waals surface area contributed by atoms with Crippen molar-refractivity contribution in [3.8, 4) is 6.07 Å². The quantitative estimate of drug-likeness (QED) is 0.918. The van der Waals surface area contributed by atoms with E-state index < -0.39 is 0 Å². The smallest absolute Gasteiger partial charge is 0.0992 e. The Kier molecular flexibility index (Phi) is 4.03. The van der Waals surface area contributed by atoms with Gasteiger partial charge >= 0.3 is 0 Å². The Morgan fingerprint density at radius 1 is 1.33 bits per heavy atom. The van der Waals surface area contributed by atoms with Crippen molar-refractivity contribution < 1.29 is 0 Å². The first-order chi connectivity index (χ1) is 8.74. The number of nitrogens with two attached hydrogens (primary N) is 1. The van der Waals surface area contributed by atoms with Gasteiger partial charge in [-0.3, -0.25) is 0 Å². The monoisotopic (exact) mass is 259 g/mol. The van der Waals surface area contributed by atoms with E-state index in [9.17, 15) is 0 Å². The molecule has 0 amide bonds. The van der Waals surface area contributed by atoms with Gasteiger partial charge in [-0.1, -0.05) is 17.7 Å². The minimum atomic E-state index is 0.582. The lowest BCUT2D eigenvalue weighted by atomic mass is 10.1. The van der Waals surface area contributed by atoms with Gasteiger partial charge in [0.15, 0.2) is 0 Å². The molecular formula is C14H14ClN3. The fourth-order valence-electron chi connectivity index (χ4n) is 1.91. The van der Waals surface area contributed by atoms with Gasteiger partial charge in [-0.25, -0.2) is 0 Å². The highest BCUT2D eigenvalue weighted by Gasteiger charge is 2.05. The molecule has 18 heavy (non-hydrogen) atoms. The summed E-state index contributed by atoms with van der Waals surface area (Å²) in [5, 5.41) is 9.42. The summed E-state index contributed by atoms with van der Waals surface area (Å²) in [5.74, 6) is 0. The molecule has 0 unspecified atom stereocenters. The zero-order chi connectivity index (χ0) is 13.0. The number of rotatable bonds is 4. The van der Waals surface area contributed by atoms with Gasteiger partial charge in [-0.05, 0) is 42.8 Å². The average molecular weight is 260 g/mol. The zero-order valence-electron chi connectivity index (χ0n) is 9.94. The molecule has 1 aromatic carbocycles. The van der Waals surface area contributed by atoms with E-state index in [1.807, 2.05) is 18.3 Å². The van der Waals surface area contributed by atoms with Crippen molar-refractivity contribution in [3.63, 3.8) is 0 Å². The molecule has 3 nitrogen and oxygen atoms in total. The van der Waals surface area contributed by atoms with Crippen molar-refractivity contribution in [1.29, 1.82) is 5.26 Å². The van der Waals surface area contributed by atoms with Crippen LogP contribution in [0, 0.1) is 11.3 Å². The van der Waals surface area contributed by atoms with Crippen molar-refractivity contribution in [2.75, 3.05) is 6.54 Å². The Morgan fingerprint density at radius 2 is 2.17 bits per heavy atom. The Bertz CT molecular complexity index is 581. The number of nitriles is 1. The van der Waals surface area contributed by atoms with Crippen LogP contribution in [0.2, 0.25) is 5.02 Å². The molecule has 0 atom stereocenters. The van der Waals surface area contributed by atoms with Crippen molar-refractivity contribution >= 4 is 11.6 Å². The third kappa shape index (κ3) is 2.73. The number of aromatic nitrogens is 1. The molecule has 0 radical (unpaired) electrons. The van der Waals surface area contributed by atoms with Crippen molar-refractivity contribution in [3.05, 3.63) is 58.4 Å². The summed E-state index contributed by atoms with van der Waals surface area (Å²) in [6, 6.07) is 11.5. The number of hydrogen-bond donors (Lipinski definition) is 1. The molecule has 2 rings (SSSR count). The Hall–Kier alpha value is -1.76. The third-order valence-electron chi connectivity index (χ3n) is 2.85. The minimum Gasteiger partial charge on any atom is -0.347 e. The van der Waals surface area contributed by atoms with E-state index in [-0.39, 0.29) is 0 Å². The molecule has 0 bridgehead atoms. The molecule has 0 saturated carbocycles. The normalized spacial score (nSPS) is 10.3. The highest BCUT2D eigenvalue weighted by Crippen LogP contribution is 2.19. The van der Waals surface area contributed by atoms with Crippen LogP contribution >= 0.6 is 11.6 Å². The minimum absolute atomic E-state index is 0.582. The van der Waals surface area contributed by atoms with Crippen LogP contribution in [0.4, 0.5) is 0 Å². The molecule has 0 saturated heterocycles. The zero-order valence-corrected chi connectivity index (χ0v) is 10.7. The van der Waals surface area contributed by atoms with Crippen molar-refractivity contribution in [2.45, 2.75) is 13.0 Å². The lowest BCUT2D eigenvalue weighted by molar-refractivity contribution is 0.736. The molecule has 1 heterocycles. The lowest BCUT2D eigenvalue weighted by Crippen LogP contribution is -2.09. The fourth-order valence-corrected chi connectivity index (χ4v) is 2.15. The van der Waals surface area contributed by atoms with Crippen LogP contribution < -0.4 is 5.73 Å². The highest BCUT2D eigenvalue weighted by atomic mass is 35.5. The van der Waals surface area contributed by atoms with Crippen LogP contribution in [-0.4, -0.2) is 11.1 Å². The van der Waals surface area contributed by atoms with Crippen LogP contribution in [0.3, 0.4) is 0 Å². The van der Waals surface area contributed by atoms with Gasteiger partial charge in [-0.2, -0.15) is 5.26 Å². The summed E-state index contributed by atoms with van der Waals surface area (Å²) < 4.78 is 2.13. The summed E-state index contributed by atoms with van der Waals surface area (Å²) in [6.45, 7) is 1.33. The molecule has 1 aromatic heterocycles. The summed E-state index contributed by atoms with van der Waals surface area (Å²) in [6.07, 6.45) is 2.86. The number of hydrogen-bond acceptors (Lipinski definition) is 2. The van der Waals surface area contributed by atoms with Gasteiger partial charge in [0, 0.05) is 23.5 Å². The Labute approximate surface area is 111 Å². The van der Waals surface area contributed by atoms with Gasteiger partial charge in [0.05, 0.1) is 11.6 Å². The maximum atomic E-state index is 8.80. The second-order valence-corrected chi connectivity index (χ2v) is 4.49. The van der Waals surface area contributed by atoms with Crippen LogP contribution in [0.5, 0.6) is 0 Å². The molecule has 2 aromatic rings. The molecule has 0 spiro atoms. The van der Waals surface area contributed by atoms with E-state index in [1.54, 1.807) is 12.1 Å². The van der Waals surface area contributed by atoms with Gasteiger partial charge in [0.2, 0.25) is 0 Å². The van der Waals surface area contributed by atoms with Crippen LogP contribution in [-0.2, 0) is 13.0 Å². The second-order valence-electron chi connectivity index (χ2n) is 4.08. The Morgan fingerprint density at radius 3 is 2.83 bits per heavy atom. The molecule has 92 valence electrons. The number of nitrogens with zero attached hydrogens (tertiary/aromatic N) is 2. The van der Waals surface area contributed by atoms with E-state index in [4.69, 9.17) is 22.6 Å². The number of benzene rings is 1. The molecule has 2 N–H and O–H groups in total. The first kappa shape index (κ1) is 12.7. The lowest BCUT2D eigenvalue weighted by Gasteiger charge is -2.10. The highest BCUT2D eigenvalue weighted by molar-refractivity contribution is 6.31. The standard InChI is InChI=1S/C14H14ClN3/c15-14-8-11(9-17)3-4-12(14)10-18-7-1-2-13(18)5-6-16/h1-4,7-8H,5-6,10,16H2. The second kappa shape index (κ2) is 5.72. The average Bonchev–Trinajstić information content (AvgIpc) is 2.80. The fraction of sp³-hybridized carbons (Fsp3) is 0.214. The first-order valence-electron chi connectivity index (χ1n) is 5.77. The van der Waals surface area contributed by atoms with E-state index >= 15 is 0 Å². The summed E-state index contributed by atoms with van der Waals surface area (Å²) in [7, 11) is 0. The van der Waals surface area contributed by atoms with Gasteiger partial charge in [-0.15, -0.1) is 0 Å². The third-order valence-corrected chi connectivity index (χ3v) is 3.20. The van der Waals surface area contributed by atoms with E-state index in [0.717, 1.165) is 12.0 Å². The van der Waals surface area contributed by atoms with E-state index in [2.05, 4.69) is 16.7 Å². The molecule has 0 aliphatic rings. The SMILES string of the molecule is N#Cc1ccc(Cn2cccc2CCN)c(Cl)c1. The van der Waals surface area contributed by atoms with Crippen LogP contribution in [0.1, 0.15) is 16.8 Å². The van der Waals surface area contributed by atoms with Crippen molar-refractivity contribution in [1.82, 2.24) is 4.57 Å². The molecular weight excluding hydrogens is 246 g/mol. The van der Waals surface area contributed by atoms with Gasteiger partial charge in [0.25, 0.3) is 0 Å². The van der Waals surface area contributed by atoms with Crippen molar-refractivity contribution in [2.24, 2.45) is 5.73 Å². The van der Waals surface area contributed by atoms with Gasteiger partial charge < -0.3 is 10.3 Å². The van der Waals surface area contributed by atoms with Gasteiger partial charge in [0.1, 0.15) is 0 Å². The molecule has 4 heteroatoms. The first-order valence-corrected chi connectivity index (χ1v) is 6.15. The topological polar surface area (TPSA) is 54.7 Å². The number of halogens is 1. The summed E-state index contributed by atoms with van der Waals surface area (Å²) >= 11 is 6.17. The maximum Gasteiger partial charge on any atom is 0.0992 e. The summed E-state index contributed by atoms with van der Waals surface area (Å²) in [5.41, 5.74) is 8.35. The molecule has 0 aliphatic heterocycles. The maximum absolute atomic E-state index is 8.80. The molecule has 0 aliphatic carbocycles. The van der Waals surface area contributed by atoms with Crippen LogP contribution in [0.25, 0.3) is 0 Å². The van der Waals surface area contributed by atoms with Crippen LogP contribution in [0.15, 0.2) is 36.5 Å².